The van der Waals surface area contributed by atoms with E-state index in [1.165, 1.54) is 59.7 Å². The molecule has 0 atom stereocenters. The van der Waals surface area contributed by atoms with Gasteiger partial charge in [0.2, 0.25) is 11.8 Å². The van der Waals surface area contributed by atoms with Crippen LogP contribution in [0.2, 0.25) is 0 Å². The number of rotatable bonds is 12. The van der Waals surface area contributed by atoms with E-state index in [4.69, 9.17) is 9.47 Å². The van der Waals surface area contributed by atoms with Gasteiger partial charge >= 0.3 is 0 Å². The van der Waals surface area contributed by atoms with Gasteiger partial charge in [0.25, 0.3) is 0 Å². The number of nitrogens with one attached hydrogen (secondary N) is 2. The van der Waals surface area contributed by atoms with E-state index >= 15 is 4.39 Å². The number of nitrogens with zero attached hydrogens (tertiary/aromatic N) is 2. The Morgan fingerprint density at radius 2 is 1.80 bits per heavy atom. The molecule has 0 saturated heterocycles. The lowest BCUT2D eigenvalue weighted by Crippen LogP contribution is -2.30. The Morgan fingerprint density at radius 3 is 2.52 bits per heavy atom. The largest absolute Gasteiger partial charge is 0.453 e. The fraction of sp³-hybridized carbons (Fsp3) is 0.182. The Kier molecular flexibility index (Phi) is 9.90. The number of carbonyl (C=O) groups excluding carboxylic acids is 2. The van der Waals surface area contributed by atoms with Gasteiger partial charge in [0, 0.05) is 50.9 Å². The van der Waals surface area contributed by atoms with Gasteiger partial charge in [0.15, 0.2) is 11.6 Å². The number of hydrogen-bond donors (Lipinski definition) is 2. The minimum Gasteiger partial charge on any atom is -0.453 e. The lowest BCUT2D eigenvalue weighted by atomic mass is 10.2. The second-order valence-electron chi connectivity index (χ2n) is 9.91. The third kappa shape index (κ3) is 7.62. The van der Waals surface area contributed by atoms with E-state index in [0.717, 1.165) is 38.8 Å². The van der Waals surface area contributed by atoms with E-state index < -0.39 is 29.9 Å². The van der Waals surface area contributed by atoms with Crippen LogP contribution in [0.25, 0.3) is 20.7 Å². The summed E-state index contributed by atoms with van der Waals surface area (Å²) in [5, 5.41) is 6.77. The summed E-state index contributed by atoms with van der Waals surface area (Å²) in [6.07, 6.45) is 1.37. The fourth-order valence-electron chi connectivity index (χ4n) is 4.37. The van der Waals surface area contributed by atoms with Crippen molar-refractivity contribution in [3.63, 3.8) is 0 Å². The average molecular weight is 617 g/mol. The van der Waals surface area contributed by atoms with Crippen LogP contribution in [0.15, 0.2) is 85.1 Å². The molecule has 5 aromatic rings. The molecule has 0 spiro atoms. The zero-order valence-corrected chi connectivity index (χ0v) is 24.9. The molecule has 11 heteroatoms. The summed E-state index contributed by atoms with van der Waals surface area (Å²) < 4.78 is 40.1. The van der Waals surface area contributed by atoms with Crippen LogP contribution >= 0.6 is 11.3 Å². The summed E-state index contributed by atoms with van der Waals surface area (Å²) >= 11 is 1.50. The van der Waals surface area contributed by atoms with Crippen LogP contribution in [0.3, 0.4) is 0 Å². The maximum atomic E-state index is 15.1. The second kappa shape index (κ2) is 14.2. The first kappa shape index (κ1) is 30.7. The van der Waals surface area contributed by atoms with Crippen LogP contribution in [0.5, 0.6) is 11.5 Å². The fourth-order valence-corrected chi connectivity index (χ4v) is 5.46. The van der Waals surface area contributed by atoms with Crippen LogP contribution in [-0.4, -0.2) is 44.1 Å². The number of halogens is 2. The van der Waals surface area contributed by atoms with Gasteiger partial charge in [-0.2, -0.15) is 0 Å². The quantitative estimate of drug-likeness (QED) is 0.119. The molecule has 2 aromatic heterocycles. The Labute approximate surface area is 257 Å². The highest BCUT2D eigenvalue weighted by molar-refractivity contribution is 7.22. The maximum absolute atomic E-state index is 15.1. The number of hydrogen-bond acceptors (Lipinski definition) is 7. The number of pyridine rings is 1. The Morgan fingerprint density at radius 1 is 0.977 bits per heavy atom. The lowest BCUT2D eigenvalue weighted by Gasteiger charge is -2.17. The highest BCUT2D eigenvalue weighted by Crippen LogP contribution is 2.40. The molecule has 2 amide bonds. The Hall–Kier alpha value is -4.71. The number of anilines is 2. The summed E-state index contributed by atoms with van der Waals surface area (Å²) in [5.74, 6) is -1.75. The number of methoxy groups -OCH3 is 1. The molecule has 5 rings (SSSR count). The molecule has 3 aromatic carbocycles. The lowest BCUT2D eigenvalue weighted by molar-refractivity contribution is -0.125. The first-order valence-corrected chi connectivity index (χ1v) is 14.6. The molecule has 2 heterocycles. The number of amides is 2. The van der Waals surface area contributed by atoms with Crippen LogP contribution in [0.4, 0.5) is 20.2 Å². The molecule has 2 N–H and O–H groups in total. The summed E-state index contributed by atoms with van der Waals surface area (Å²) in [4.78, 5) is 31.8. The molecular formula is C33H30F2N4O4S. The van der Waals surface area contributed by atoms with Gasteiger partial charge in [-0.25, -0.2) is 8.78 Å². The molecule has 0 aliphatic carbocycles. The van der Waals surface area contributed by atoms with Gasteiger partial charge < -0.3 is 25.0 Å². The molecule has 0 aliphatic rings. The van der Waals surface area contributed by atoms with Crippen molar-refractivity contribution in [3.05, 3.63) is 102 Å². The van der Waals surface area contributed by atoms with E-state index in [-0.39, 0.29) is 11.4 Å². The van der Waals surface area contributed by atoms with Crippen molar-refractivity contribution in [1.29, 1.82) is 0 Å². The van der Waals surface area contributed by atoms with Crippen molar-refractivity contribution in [2.24, 2.45) is 0 Å². The van der Waals surface area contributed by atoms with Gasteiger partial charge in [-0.05, 0) is 65.5 Å². The van der Waals surface area contributed by atoms with Crippen LogP contribution in [-0.2, 0) is 20.9 Å². The van der Waals surface area contributed by atoms with Gasteiger partial charge in [0.05, 0.1) is 21.9 Å². The summed E-state index contributed by atoms with van der Waals surface area (Å²) in [5.41, 5.74) is 2.51. The highest BCUT2D eigenvalue weighted by Gasteiger charge is 2.17. The topological polar surface area (TPSA) is 92.8 Å². The number of fused-ring (bicyclic) bond motifs is 1. The number of ether oxygens (including phenoxy) is 2. The maximum Gasteiger partial charge on any atom is 0.236 e. The number of benzene rings is 3. The third-order valence-corrected chi connectivity index (χ3v) is 7.92. The SMILES string of the molecule is COCCNCc1ccc(-c2cc3cccc(Oc4ccc(NC(=O)CC(=O)N(C)c5ccc(F)cc5)cc4F)c3s2)nc1. The van der Waals surface area contributed by atoms with Crippen molar-refractivity contribution < 1.29 is 27.8 Å². The van der Waals surface area contributed by atoms with E-state index in [9.17, 15) is 14.0 Å². The minimum absolute atomic E-state index is 0.0129. The number of thiophene rings is 1. The molecule has 44 heavy (non-hydrogen) atoms. The summed E-state index contributed by atoms with van der Waals surface area (Å²) in [6.45, 7) is 2.10. The predicted octanol–water partition coefficient (Wildman–Crippen LogP) is 6.76. The second-order valence-corrected chi connectivity index (χ2v) is 11.0. The number of carbonyl (C=O) groups is 2. The minimum atomic E-state index is -0.678. The van der Waals surface area contributed by atoms with Crippen molar-refractivity contribution in [1.82, 2.24) is 10.3 Å². The summed E-state index contributed by atoms with van der Waals surface area (Å²) in [6, 6.07) is 21.0. The monoisotopic (exact) mass is 616 g/mol. The molecule has 0 unspecified atom stereocenters. The molecule has 0 saturated carbocycles. The van der Waals surface area contributed by atoms with E-state index in [0.29, 0.717) is 24.6 Å². The van der Waals surface area contributed by atoms with Gasteiger partial charge in [-0.3, -0.25) is 14.6 Å². The molecule has 226 valence electrons. The van der Waals surface area contributed by atoms with Crippen LogP contribution < -0.4 is 20.3 Å². The molecule has 8 nitrogen and oxygen atoms in total. The van der Waals surface area contributed by atoms with E-state index in [2.05, 4.69) is 15.6 Å². The first-order chi connectivity index (χ1) is 21.3. The smallest absolute Gasteiger partial charge is 0.236 e. The molecule has 0 aliphatic heterocycles. The van der Waals surface area contributed by atoms with Crippen molar-refractivity contribution in [3.8, 4) is 22.1 Å². The van der Waals surface area contributed by atoms with Crippen molar-refractivity contribution in [2.45, 2.75) is 13.0 Å². The molecular weight excluding hydrogens is 586 g/mol. The highest BCUT2D eigenvalue weighted by atomic mass is 32.1. The first-order valence-electron chi connectivity index (χ1n) is 13.8. The summed E-state index contributed by atoms with van der Waals surface area (Å²) in [7, 11) is 3.16. The van der Waals surface area contributed by atoms with Gasteiger partial charge in [0.1, 0.15) is 18.0 Å². The van der Waals surface area contributed by atoms with E-state index in [1.807, 2.05) is 36.5 Å². The van der Waals surface area contributed by atoms with Gasteiger partial charge in [-0.1, -0.05) is 18.2 Å². The van der Waals surface area contributed by atoms with Gasteiger partial charge in [-0.15, -0.1) is 11.3 Å². The predicted molar refractivity (Wildman–Crippen MR) is 168 cm³/mol. The van der Waals surface area contributed by atoms with E-state index in [1.54, 1.807) is 13.2 Å². The van der Waals surface area contributed by atoms with Crippen molar-refractivity contribution >= 4 is 44.6 Å². The van der Waals surface area contributed by atoms with Crippen molar-refractivity contribution in [2.75, 3.05) is 37.5 Å². The normalized spacial score (nSPS) is 11.0. The number of aromatic nitrogens is 1. The molecule has 0 radical (unpaired) electrons. The Balaban J connectivity index is 1.22. The molecule has 0 fully saturated rings. The average Bonchev–Trinajstić information content (AvgIpc) is 3.46. The molecule has 0 bridgehead atoms. The Bertz CT molecular complexity index is 1760. The third-order valence-electron chi connectivity index (χ3n) is 6.73. The standard InChI is InChI=1S/C33H30F2N4O4S/c1-39(25-10-7-23(34)8-11-25)32(41)18-31(40)38-24-9-13-28(26(35)17-24)43-29-5-3-4-22-16-30(44-33(22)29)27-12-6-21(20-37-27)19-36-14-15-42-2/h3-13,16-17,20,36H,14-15,18-19H2,1-2H3,(H,38,40). The zero-order chi connectivity index (χ0) is 31.1. The van der Waals surface area contributed by atoms with Crippen LogP contribution in [0.1, 0.15) is 12.0 Å². The van der Waals surface area contributed by atoms with Crippen LogP contribution in [0, 0.1) is 11.6 Å². The zero-order valence-electron chi connectivity index (χ0n) is 24.1.